The molecule has 1 aromatic rings. The quantitative estimate of drug-likeness (QED) is 0.430. The lowest BCUT2D eigenvalue weighted by Gasteiger charge is -2.19. The Morgan fingerprint density at radius 2 is 1.89 bits per heavy atom. The van der Waals surface area contributed by atoms with E-state index in [9.17, 15) is 0 Å². The van der Waals surface area contributed by atoms with Gasteiger partial charge in [0.1, 0.15) is 0 Å². The molecule has 0 aliphatic carbocycles. The van der Waals surface area contributed by atoms with Gasteiger partial charge in [-0.25, -0.2) is 5.84 Å². The van der Waals surface area contributed by atoms with Crippen LogP contribution in [0.15, 0.2) is 5.16 Å². The largest absolute Gasteiger partial charge is 0.341 e. The molecule has 19 heavy (non-hydrogen) atoms. The number of aromatic nitrogens is 3. The lowest BCUT2D eigenvalue weighted by molar-refractivity contribution is 0.635. The highest BCUT2D eigenvalue weighted by Gasteiger charge is 2.11. The smallest absolute Gasteiger partial charge is 0.242 e. The number of nitrogen functional groups attached to an aromatic ring is 1. The molecule has 0 aliphatic heterocycles. The van der Waals surface area contributed by atoms with Crippen molar-refractivity contribution in [2.75, 3.05) is 29.2 Å². The van der Waals surface area contributed by atoms with Crippen LogP contribution >= 0.6 is 11.8 Å². The van der Waals surface area contributed by atoms with Gasteiger partial charge in [-0.15, -0.1) is 0 Å². The second-order valence-corrected chi connectivity index (χ2v) is 5.37. The lowest BCUT2D eigenvalue weighted by atomic mass is 10.2. The predicted octanol–water partition coefficient (Wildman–Crippen LogP) is 2.14. The van der Waals surface area contributed by atoms with Gasteiger partial charge in [-0.1, -0.05) is 32.0 Å². The molecule has 7 heteroatoms. The molecule has 108 valence electrons. The topological polar surface area (TPSA) is 80.0 Å². The number of hydrazine groups is 1. The summed E-state index contributed by atoms with van der Waals surface area (Å²) < 4.78 is 0. The lowest BCUT2D eigenvalue weighted by Crippen LogP contribution is -2.25. The van der Waals surface area contributed by atoms with E-state index in [1.54, 1.807) is 11.8 Å². The maximum Gasteiger partial charge on any atom is 0.242 e. The highest BCUT2D eigenvalue weighted by molar-refractivity contribution is 7.99. The van der Waals surface area contributed by atoms with Crippen LogP contribution in [0.1, 0.15) is 34.1 Å². The molecule has 0 bridgehead atoms. The van der Waals surface area contributed by atoms with E-state index in [0.29, 0.717) is 17.8 Å². The molecule has 3 N–H and O–H groups in total. The molecule has 0 aliphatic rings. The monoisotopic (exact) mass is 284 g/mol. The van der Waals surface area contributed by atoms with Crippen molar-refractivity contribution in [1.29, 1.82) is 0 Å². The molecular formula is C12H24N6S. The Morgan fingerprint density at radius 1 is 1.21 bits per heavy atom. The zero-order chi connectivity index (χ0) is 14.3. The van der Waals surface area contributed by atoms with Crippen molar-refractivity contribution in [3.63, 3.8) is 0 Å². The Kier molecular flexibility index (Phi) is 6.86. The molecule has 0 fully saturated rings. The Balaban J connectivity index is 2.88. The number of nitrogens with zero attached hydrogens (tertiary/aromatic N) is 4. The Bertz CT molecular complexity index is 382. The van der Waals surface area contributed by atoms with E-state index in [-0.39, 0.29) is 0 Å². The van der Waals surface area contributed by atoms with Gasteiger partial charge < -0.3 is 4.90 Å². The Hall–Kier alpha value is -1.08. The molecule has 1 unspecified atom stereocenters. The minimum Gasteiger partial charge on any atom is -0.341 e. The van der Waals surface area contributed by atoms with E-state index in [2.05, 4.69) is 53.0 Å². The average molecular weight is 284 g/mol. The van der Waals surface area contributed by atoms with Gasteiger partial charge in [0.2, 0.25) is 11.9 Å². The first kappa shape index (κ1) is 16.0. The van der Waals surface area contributed by atoms with Gasteiger partial charge >= 0.3 is 0 Å². The van der Waals surface area contributed by atoms with Gasteiger partial charge in [0, 0.05) is 18.8 Å². The number of anilines is 2. The molecule has 0 spiro atoms. The van der Waals surface area contributed by atoms with Crippen molar-refractivity contribution in [3.8, 4) is 0 Å². The molecule has 1 aromatic heterocycles. The van der Waals surface area contributed by atoms with Gasteiger partial charge in [0.25, 0.3) is 0 Å². The van der Waals surface area contributed by atoms with Crippen LogP contribution in [0.3, 0.4) is 0 Å². The Labute approximate surface area is 119 Å². The van der Waals surface area contributed by atoms with Gasteiger partial charge in [0.05, 0.1) is 0 Å². The number of nitrogens with two attached hydrogens (primary N) is 1. The van der Waals surface area contributed by atoms with Crippen molar-refractivity contribution in [2.24, 2.45) is 11.8 Å². The number of hydrogen-bond donors (Lipinski definition) is 2. The first-order valence-electron chi connectivity index (χ1n) is 6.74. The van der Waals surface area contributed by atoms with Crippen LogP contribution in [-0.4, -0.2) is 33.8 Å². The van der Waals surface area contributed by atoms with E-state index < -0.39 is 0 Å². The summed E-state index contributed by atoms with van der Waals surface area (Å²) >= 11 is 1.65. The third kappa shape index (κ3) is 4.83. The summed E-state index contributed by atoms with van der Waals surface area (Å²) in [5.74, 6) is 8.17. The average Bonchev–Trinajstić information content (AvgIpc) is 2.45. The maximum absolute atomic E-state index is 5.42. The maximum atomic E-state index is 5.42. The minimum absolute atomic E-state index is 0.420. The molecule has 0 saturated carbocycles. The van der Waals surface area contributed by atoms with Crippen LogP contribution in [0.5, 0.6) is 0 Å². The van der Waals surface area contributed by atoms with E-state index in [1.807, 2.05) is 0 Å². The SMILES string of the molecule is CCC(C)CSc1nc(NN)nc(N(CC)CC)n1. The van der Waals surface area contributed by atoms with Crippen LogP contribution < -0.4 is 16.2 Å². The van der Waals surface area contributed by atoms with Crippen molar-refractivity contribution in [2.45, 2.75) is 39.3 Å². The third-order valence-electron chi connectivity index (χ3n) is 2.97. The second-order valence-electron chi connectivity index (χ2n) is 4.38. The van der Waals surface area contributed by atoms with Crippen molar-refractivity contribution >= 4 is 23.7 Å². The summed E-state index contributed by atoms with van der Waals surface area (Å²) in [6, 6.07) is 0. The van der Waals surface area contributed by atoms with Gasteiger partial charge in [0.15, 0.2) is 5.16 Å². The van der Waals surface area contributed by atoms with Crippen molar-refractivity contribution in [1.82, 2.24) is 15.0 Å². The summed E-state index contributed by atoms with van der Waals surface area (Å²) in [5, 5.41) is 0.727. The highest BCUT2D eigenvalue weighted by Crippen LogP contribution is 2.21. The fourth-order valence-corrected chi connectivity index (χ4v) is 2.42. The first-order valence-corrected chi connectivity index (χ1v) is 7.73. The molecule has 1 heterocycles. The zero-order valence-electron chi connectivity index (χ0n) is 12.2. The number of hydrogen-bond acceptors (Lipinski definition) is 7. The zero-order valence-corrected chi connectivity index (χ0v) is 13.0. The third-order valence-corrected chi connectivity index (χ3v) is 4.15. The molecule has 1 atom stereocenters. The molecular weight excluding hydrogens is 260 g/mol. The second kappa shape index (κ2) is 8.16. The number of thioether (sulfide) groups is 1. The van der Waals surface area contributed by atoms with Gasteiger partial charge in [-0.05, 0) is 19.8 Å². The summed E-state index contributed by atoms with van der Waals surface area (Å²) in [7, 11) is 0. The van der Waals surface area contributed by atoms with E-state index in [1.165, 1.54) is 0 Å². The Morgan fingerprint density at radius 3 is 2.42 bits per heavy atom. The van der Waals surface area contributed by atoms with E-state index in [4.69, 9.17) is 5.84 Å². The van der Waals surface area contributed by atoms with Crippen molar-refractivity contribution in [3.05, 3.63) is 0 Å². The molecule has 0 radical (unpaired) electrons. The number of rotatable bonds is 8. The fraction of sp³-hybridized carbons (Fsp3) is 0.750. The molecule has 6 nitrogen and oxygen atoms in total. The predicted molar refractivity (Wildman–Crippen MR) is 81.4 cm³/mol. The molecule has 0 amide bonds. The van der Waals surface area contributed by atoms with E-state index >= 15 is 0 Å². The van der Waals surface area contributed by atoms with E-state index in [0.717, 1.165) is 30.4 Å². The summed E-state index contributed by atoms with van der Waals surface area (Å²) in [6.45, 7) is 10.3. The molecule has 0 saturated heterocycles. The minimum atomic E-state index is 0.420. The number of nitrogens with one attached hydrogen (secondary N) is 1. The van der Waals surface area contributed by atoms with Crippen molar-refractivity contribution < 1.29 is 0 Å². The van der Waals surface area contributed by atoms with Crippen LogP contribution in [0.25, 0.3) is 0 Å². The molecule has 0 aromatic carbocycles. The normalized spacial score (nSPS) is 12.3. The van der Waals surface area contributed by atoms with Gasteiger partial charge in [-0.2, -0.15) is 15.0 Å². The highest BCUT2D eigenvalue weighted by atomic mass is 32.2. The van der Waals surface area contributed by atoms with Crippen LogP contribution in [-0.2, 0) is 0 Å². The first-order chi connectivity index (χ1) is 9.14. The standard InChI is InChI=1S/C12H24N6S/c1-5-9(4)8-19-12-15-10(17-13)14-11(16-12)18(6-2)7-3/h9H,5-8,13H2,1-4H3,(H,14,15,16,17). The molecule has 1 rings (SSSR count). The van der Waals surface area contributed by atoms with Gasteiger partial charge in [-0.3, -0.25) is 5.43 Å². The van der Waals surface area contributed by atoms with Crippen LogP contribution in [0.4, 0.5) is 11.9 Å². The summed E-state index contributed by atoms with van der Waals surface area (Å²) in [4.78, 5) is 15.2. The van der Waals surface area contributed by atoms with Crippen LogP contribution in [0.2, 0.25) is 0 Å². The van der Waals surface area contributed by atoms with Crippen LogP contribution in [0, 0.1) is 5.92 Å². The fourth-order valence-electron chi connectivity index (χ4n) is 1.46. The summed E-state index contributed by atoms with van der Waals surface area (Å²) in [5.41, 5.74) is 2.51. The summed E-state index contributed by atoms with van der Waals surface area (Å²) in [6.07, 6.45) is 1.16.